The Morgan fingerprint density at radius 2 is 1.77 bits per heavy atom. The lowest BCUT2D eigenvalue weighted by molar-refractivity contribution is -0.143. The molecule has 2 heterocycles. The summed E-state index contributed by atoms with van der Waals surface area (Å²) in [5.74, 6) is -0.480. The summed E-state index contributed by atoms with van der Waals surface area (Å²) in [7, 11) is 0.936. The van der Waals surface area contributed by atoms with E-state index >= 15 is 0 Å². The Morgan fingerprint density at radius 1 is 1.19 bits per heavy atom. The Labute approximate surface area is 190 Å². The zero-order valence-electron chi connectivity index (χ0n) is 20.2. The van der Waals surface area contributed by atoms with Crippen molar-refractivity contribution in [1.82, 2.24) is 5.32 Å². The molecule has 0 bridgehead atoms. The molecule has 9 heteroatoms. The number of rotatable bonds is 7. The number of carbonyl (C=O) groups excluding carboxylic acids is 2. The van der Waals surface area contributed by atoms with E-state index in [0.717, 1.165) is 11.2 Å². The van der Waals surface area contributed by atoms with Crippen molar-refractivity contribution in [2.24, 2.45) is 0 Å². The molecule has 1 N–H and O–H groups in total. The van der Waals surface area contributed by atoms with Crippen LogP contribution in [0.2, 0.25) is 0 Å². The molecule has 1 fully saturated rings. The number of esters is 1. The summed E-state index contributed by atoms with van der Waals surface area (Å²) in [5.41, 5.74) is -0.222. The van der Waals surface area contributed by atoms with Gasteiger partial charge in [-0.15, -0.1) is 11.3 Å². The molecule has 0 aromatic carbocycles. The third-order valence-electron chi connectivity index (χ3n) is 5.60. The highest BCUT2D eigenvalue weighted by Gasteiger charge is 2.52. The Bertz CT molecular complexity index is 782. The molecule has 1 amide bonds. The van der Waals surface area contributed by atoms with Crippen LogP contribution in [-0.2, 0) is 30.0 Å². The third-order valence-corrected chi connectivity index (χ3v) is 6.92. The van der Waals surface area contributed by atoms with E-state index in [1.807, 2.05) is 27.7 Å². The van der Waals surface area contributed by atoms with E-state index < -0.39 is 23.7 Å². The van der Waals surface area contributed by atoms with E-state index in [1.54, 1.807) is 32.1 Å². The van der Waals surface area contributed by atoms with Gasteiger partial charge in [-0.3, -0.25) is 0 Å². The van der Waals surface area contributed by atoms with Gasteiger partial charge in [0.1, 0.15) is 11.6 Å². The molecule has 1 aliphatic rings. The van der Waals surface area contributed by atoms with Crippen molar-refractivity contribution in [2.45, 2.75) is 97.5 Å². The van der Waals surface area contributed by atoms with Crippen molar-refractivity contribution < 1.29 is 28.4 Å². The second-order valence-electron chi connectivity index (χ2n) is 9.96. The van der Waals surface area contributed by atoms with Crippen LogP contribution in [0.4, 0.5) is 4.79 Å². The standard InChI is InChI=1S/C22H36BNO6S/c1-14-13-17(23-29-21(5,6)22(7,8)30-23)31-16(14)12-10-11-15(18(25)27-9)24-19(26)28-20(2,3)4/h13,15H,10-12H2,1-9H3,(H,24,26)/t15-/m0/s1. The first-order valence-corrected chi connectivity index (χ1v) is 11.5. The number of nitrogens with one attached hydrogen (secondary N) is 1. The second kappa shape index (κ2) is 9.51. The van der Waals surface area contributed by atoms with Crippen LogP contribution < -0.4 is 10.1 Å². The minimum atomic E-state index is -0.748. The predicted octanol–water partition coefficient (Wildman–Crippen LogP) is 3.74. The molecular weight excluding hydrogens is 417 g/mol. The minimum Gasteiger partial charge on any atom is -0.467 e. The van der Waals surface area contributed by atoms with Crippen molar-refractivity contribution in [1.29, 1.82) is 0 Å². The average Bonchev–Trinajstić information content (AvgIpc) is 3.08. The van der Waals surface area contributed by atoms with Crippen molar-refractivity contribution in [3.63, 3.8) is 0 Å². The quantitative estimate of drug-likeness (QED) is 0.500. The number of ether oxygens (including phenoxy) is 2. The average molecular weight is 453 g/mol. The van der Waals surface area contributed by atoms with Gasteiger partial charge in [0.05, 0.1) is 18.3 Å². The molecule has 7 nitrogen and oxygen atoms in total. The monoisotopic (exact) mass is 453 g/mol. The van der Waals surface area contributed by atoms with Gasteiger partial charge < -0.3 is 24.1 Å². The van der Waals surface area contributed by atoms with E-state index in [4.69, 9.17) is 18.8 Å². The fourth-order valence-electron chi connectivity index (χ4n) is 3.18. The van der Waals surface area contributed by atoms with E-state index in [2.05, 4.69) is 18.3 Å². The van der Waals surface area contributed by atoms with Crippen LogP contribution in [0.1, 0.15) is 71.7 Å². The lowest BCUT2D eigenvalue weighted by Gasteiger charge is -2.32. The van der Waals surface area contributed by atoms with Crippen LogP contribution in [0.25, 0.3) is 0 Å². The maximum atomic E-state index is 12.1. The van der Waals surface area contributed by atoms with Crippen molar-refractivity contribution in [3.05, 3.63) is 16.5 Å². The largest absolute Gasteiger partial charge is 0.505 e. The maximum Gasteiger partial charge on any atom is 0.505 e. The molecule has 1 saturated heterocycles. The lowest BCUT2D eigenvalue weighted by atomic mass is 9.87. The number of methoxy groups -OCH3 is 1. The van der Waals surface area contributed by atoms with Gasteiger partial charge in [-0.2, -0.15) is 0 Å². The number of hydrogen-bond donors (Lipinski definition) is 1. The second-order valence-corrected chi connectivity index (χ2v) is 11.1. The number of carbonyl (C=O) groups is 2. The van der Waals surface area contributed by atoms with Crippen LogP contribution in [0.15, 0.2) is 6.07 Å². The summed E-state index contributed by atoms with van der Waals surface area (Å²) < 4.78 is 23.5. The van der Waals surface area contributed by atoms with Crippen LogP contribution in [0, 0.1) is 6.92 Å². The molecule has 1 aromatic heterocycles. The summed E-state index contributed by atoms with van der Waals surface area (Å²) >= 11 is 1.67. The number of alkyl carbamates (subject to hydrolysis) is 1. The van der Waals surface area contributed by atoms with Crippen LogP contribution in [0.3, 0.4) is 0 Å². The number of hydrogen-bond acceptors (Lipinski definition) is 7. The topological polar surface area (TPSA) is 83.1 Å². The normalized spacial score (nSPS) is 18.5. The maximum absolute atomic E-state index is 12.1. The van der Waals surface area contributed by atoms with E-state index in [0.29, 0.717) is 12.8 Å². The van der Waals surface area contributed by atoms with Gasteiger partial charge in [-0.05, 0) is 86.3 Å². The Hall–Kier alpha value is -1.58. The van der Waals surface area contributed by atoms with Crippen molar-refractivity contribution >= 4 is 35.3 Å². The Balaban J connectivity index is 1.97. The molecule has 2 rings (SSSR count). The Morgan fingerprint density at radius 3 is 2.29 bits per heavy atom. The summed E-state index contributed by atoms with van der Waals surface area (Å²) in [6.07, 6.45) is 1.31. The highest BCUT2D eigenvalue weighted by molar-refractivity contribution is 7.22. The number of amides is 1. The summed E-state index contributed by atoms with van der Waals surface area (Å²) in [4.78, 5) is 25.4. The SMILES string of the molecule is COC(=O)[C@H](CCCc1sc(B2OC(C)(C)C(C)(C)O2)cc1C)NC(=O)OC(C)(C)C. The van der Waals surface area contributed by atoms with Gasteiger partial charge >= 0.3 is 19.2 Å². The highest BCUT2D eigenvalue weighted by Crippen LogP contribution is 2.37. The Kier molecular flexibility index (Phi) is 7.88. The van der Waals surface area contributed by atoms with Crippen LogP contribution in [0.5, 0.6) is 0 Å². The molecule has 0 spiro atoms. The number of thiophene rings is 1. The molecular formula is C22H36BNO6S. The van der Waals surface area contributed by atoms with E-state index in [-0.39, 0.29) is 18.3 Å². The van der Waals surface area contributed by atoms with Gasteiger partial charge in [0, 0.05) is 9.65 Å². The van der Waals surface area contributed by atoms with Crippen molar-refractivity contribution in [2.75, 3.05) is 7.11 Å². The number of aryl methyl sites for hydroxylation is 2. The first kappa shape index (κ1) is 25.7. The highest BCUT2D eigenvalue weighted by atomic mass is 32.1. The van der Waals surface area contributed by atoms with Crippen LogP contribution in [-0.4, -0.2) is 49.1 Å². The van der Waals surface area contributed by atoms with Gasteiger partial charge in [0.25, 0.3) is 0 Å². The molecule has 0 radical (unpaired) electrons. The van der Waals surface area contributed by atoms with Gasteiger partial charge in [-0.1, -0.05) is 0 Å². The fourth-order valence-corrected chi connectivity index (χ4v) is 4.36. The first-order valence-electron chi connectivity index (χ1n) is 10.7. The summed E-state index contributed by atoms with van der Waals surface area (Å²) in [5, 5.41) is 2.62. The smallest absolute Gasteiger partial charge is 0.467 e. The molecule has 1 aromatic rings. The van der Waals surface area contributed by atoms with Gasteiger partial charge in [-0.25, -0.2) is 9.59 Å². The molecule has 174 valence electrons. The zero-order valence-corrected chi connectivity index (χ0v) is 21.0. The molecule has 1 atom stereocenters. The first-order chi connectivity index (χ1) is 14.1. The summed E-state index contributed by atoms with van der Waals surface area (Å²) in [6, 6.07) is 1.36. The van der Waals surface area contributed by atoms with E-state index in [9.17, 15) is 9.59 Å². The fraction of sp³-hybridized carbons (Fsp3) is 0.727. The summed E-state index contributed by atoms with van der Waals surface area (Å²) in [6.45, 7) is 15.6. The van der Waals surface area contributed by atoms with Crippen molar-refractivity contribution in [3.8, 4) is 0 Å². The molecule has 0 unspecified atom stereocenters. The van der Waals surface area contributed by atoms with Gasteiger partial charge in [0.2, 0.25) is 0 Å². The zero-order chi connectivity index (χ0) is 23.6. The minimum absolute atomic E-state index is 0.376. The molecule has 31 heavy (non-hydrogen) atoms. The molecule has 0 aliphatic carbocycles. The predicted molar refractivity (Wildman–Crippen MR) is 123 cm³/mol. The molecule has 0 saturated carbocycles. The third kappa shape index (κ3) is 6.70. The molecule has 1 aliphatic heterocycles. The van der Waals surface area contributed by atoms with Gasteiger partial charge in [0.15, 0.2) is 0 Å². The van der Waals surface area contributed by atoms with Crippen LogP contribution >= 0.6 is 11.3 Å². The van der Waals surface area contributed by atoms with E-state index in [1.165, 1.54) is 17.6 Å². The lowest BCUT2D eigenvalue weighted by Crippen LogP contribution is -2.44.